The maximum Gasteiger partial charge on any atom is 0.303 e. The van der Waals surface area contributed by atoms with Crippen molar-refractivity contribution in [2.45, 2.75) is 57.2 Å². The first-order chi connectivity index (χ1) is 13.9. The highest BCUT2D eigenvalue weighted by molar-refractivity contribution is 5.86. The Bertz CT molecular complexity index is 725. The van der Waals surface area contributed by atoms with Gasteiger partial charge in [0.2, 0.25) is 0 Å². The van der Waals surface area contributed by atoms with E-state index in [1.807, 2.05) is 12.2 Å². The lowest BCUT2D eigenvalue weighted by Gasteiger charge is -2.17. The first-order valence-corrected chi connectivity index (χ1v) is 10.0. The Labute approximate surface area is 170 Å². The second-order valence-electron chi connectivity index (χ2n) is 7.54. The van der Waals surface area contributed by atoms with Crippen molar-refractivity contribution in [1.82, 2.24) is 0 Å². The van der Waals surface area contributed by atoms with E-state index in [0.29, 0.717) is 32.1 Å². The molecule has 1 saturated carbocycles. The zero-order valence-corrected chi connectivity index (χ0v) is 16.4. The molecule has 1 aromatic rings. The highest BCUT2D eigenvalue weighted by Crippen LogP contribution is 2.33. The molecule has 0 spiro atoms. The number of carboxylic acids is 1. The molecule has 1 fully saturated rings. The van der Waals surface area contributed by atoms with Crippen molar-refractivity contribution in [3.05, 3.63) is 60.0 Å². The van der Waals surface area contributed by atoms with Gasteiger partial charge >= 0.3 is 5.97 Å². The number of carboxylic acid groups (broad SMARTS) is 1. The molecule has 3 N–H and O–H groups in total. The Balaban J connectivity index is 1.83. The zero-order chi connectivity index (χ0) is 21.2. The van der Waals surface area contributed by atoms with Crippen LogP contribution < -0.4 is 0 Å². The van der Waals surface area contributed by atoms with Crippen LogP contribution in [-0.4, -0.2) is 39.3 Å². The molecule has 1 aromatic carbocycles. The quantitative estimate of drug-likeness (QED) is 0.388. The van der Waals surface area contributed by atoms with Gasteiger partial charge in [-0.05, 0) is 49.8 Å². The molecule has 0 amide bonds. The van der Waals surface area contributed by atoms with Gasteiger partial charge in [0.1, 0.15) is 11.6 Å². The number of aliphatic hydroxyl groups is 2. The third-order valence-corrected chi connectivity index (χ3v) is 5.26. The van der Waals surface area contributed by atoms with Crippen molar-refractivity contribution < 1.29 is 29.3 Å². The second kappa shape index (κ2) is 11.6. The summed E-state index contributed by atoms with van der Waals surface area (Å²) in [5.41, 5.74) is 0.928. The number of carbonyl (C=O) groups is 2. The van der Waals surface area contributed by atoms with E-state index >= 15 is 0 Å². The Morgan fingerprint density at radius 3 is 2.66 bits per heavy atom. The van der Waals surface area contributed by atoms with Crippen molar-refractivity contribution >= 4 is 11.8 Å². The average molecular weight is 404 g/mol. The maximum absolute atomic E-state index is 12.9. The summed E-state index contributed by atoms with van der Waals surface area (Å²) in [4.78, 5) is 22.7. The highest BCUT2D eigenvalue weighted by Gasteiger charge is 2.39. The van der Waals surface area contributed by atoms with Gasteiger partial charge < -0.3 is 15.3 Å². The Morgan fingerprint density at radius 1 is 1.24 bits per heavy atom. The largest absolute Gasteiger partial charge is 0.481 e. The fraction of sp³-hybridized carbons (Fsp3) is 0.478. The number of aryl methyl sites for hydroxylation is 1. The van der Waals surface area contributed by atoms with Crippen molar-refractivity contribution in [3.8, 4) is 0 Å². The van der Waals surface area contributed by atoms with Crippen LogP contribution in [0.25, 0.3) is 0 Å². The van der Waals surface area contributed by atoms with Gasteiger partial charge in [-0.1, -0.05) is 36.4 Å². The number of allylic oxidation sites excluding steroid dienone is 3. The predicted octanol–water partition coefficient (Wildman–Crippen LogP) is 3.44. The standard InChI is InChI=1S/C23H29FO5/c24-17-10-7-16(8-11-17)9-12-18(25)13-14-20-19(21(26)15-22(20)27)5-3-1-2-4-6-23(28)29/h1,3,7-8,10-11,13-14,18-21,25-26H,2,4-6,9,12,15H2,(H,28,29)/b3-1-,14-13+/t18-,19-,20-,21+/m1/s1. The minimum absolute atomic E-state index is 0.0382. The topological polar surface area (TPSA) is 94.8 Å². The molecular formula is C23H29FO5. The number of hydrogen-bond donors (Lipinski definition) is 3. The summed E-state index contributed by atoms with van der Waals surface area (Å²) >= 11 is 0. The molecular weight excluding hydrogens is 375 g/mol. The predicted molar refractivity (Wildman–Crippen MR) is 108 cm³/mol. The van der Waals surface area contributed by atoms with Crippen LogP contribution in [0.1, 0.15) is 44.1 Å². The maximum atomic E-state index is 12.9. The van der Waals surface area contributed by atoms with Crippen LogP contribution in [0.5, 0.6) is 0 Å². The molecule has 0 bridgehead atoms. The molecule has 29 heavy (non-hydrogen) atoms. The van der Waals surface area contributed by atoms with Crippen LogP contribution in [0.3, 0.4) is 0 Å². The summed E-state index contributed by atoms with van der Waals surface area (Å²) in [7, 11) is 0. The third kappa shape index (κ3) is 7.91. The summed E-state index contributed by atoms with van der Waals surface area (Å²) in [5.74, 6) is -1.83. The number of aliphatic carboxylic acids is 1. The second-order valence-corrected chi connectivity index (χ2v) is 7.54. The SMILES string of the molecule is O=C(O)CCC/C=C\C[C@H]1[C@@H](O)CC(=O)[C@@H]1/C=C/[C@H](O)CCc1ccc(F)cc1. The number of aliphatic hydroxyl groups excluding tert-OH is 2. The van der Waals surface area contributed by atoms with Gasteiger partial charge in [-0.15, -0.1) is 0 Å². The Morgan fingerprint density at radius 2 is 1.97 bits per heavy atom. The van der Waals surface area contributed by atoms with E-state index in [1.54, 1.807) is 24.3 Å². The fourth-order valence-corrected chi connectivity index (χ4v) is 3.58. The minimum Gasteiger partial charge on any atom is -0.481 e. The number of hydrogen-bond acceptors (Lipinski definition) is 4. The highest BCUT2D eigenvalue weighted by atomic mass is 19.1. The molecule has 5 nitrogen and oxygen atoms in total. The molecule has 0 saturated heterocycles. The molecule has 0 radical (unpaired) electrons. The Hall–Kier alpha value is -2.31. The number of unbranched alkanes of at least 4 members (excludes halogenated alkanes) is 1. The van der Waals surface area contributed by atoms with Gasteiger partial charge in [0, 0.05) is 24.7 Å². The first-order valence-electron chi connectivity index (χ1n) is 10.0. The van der Waals surface area contributed by atoms with E-state index in [9.17, 15) is 24.2 Å². The number of Topliss-reactive ketones (excluding diaryl/α,β-unsaturated/α-hetero) is 1. The molecule has 2 rings (SSSR count). The van der Waals surface area contributed by atoms with Crippen LogP contribution in [0.4, 0.5) is 4.39 Å². The smallest absolute Gasteiger partial charge is 0.303 e. The van der Waals surface area contributed by atoms with E-state index < -0.39 is 24.1 Å². The van der Waals surface area contributed by atoms with Crippen LogP contribution >= 0.6 is 0 Å². The van der Waals surface area contributed by atoms with Crippen LogP contribution in [0, 0.1) is 17.7 Å². The van der Waals surface area contributed by atoms with Gasteiger partial charge in [0.25, 0.3) is 0 Å². The zero-order valence-electron chi connectivity index (χ0n) is 16.4. The third-order valence-electron chi connectivity index (χ3n) is 5.26. The summed E-state index contributed by atoms with van der Waals surface area (Å²) in [6.07, 6.45) is 8.65. The minimum atomic E-state index is -0.821. The molecule has 158 valence electrons. The molecule has 0 unspecified atom stereocenters. The molecule has 0 aromatic heterocycles. The fourth-order valence-electron chi connectivity index (χ4n) is 3.58. The van der Waals surface area contributed by atoms with Gasteiger partial charge in [-0.3, -0.25) is 9.59 Å². The molecule has 0 aliphatic heterocycles. The lowest BCUT2D eigenvalue weighted by atomic mass is 9.90. The normalized spacial score (nSPS) is 23.3. The lowest BCUT2D eigenvalue weighted by Crippen LogP contribution is -2.19. The van der Waals surface area contributed by atoms with E-state index in [4.69, 9.17) is 5.11 Å². The number of benzene rings is 1. The molecule has 1 aliphatic rings. The van der Waals surface area contributed by atoms with Crippen LogP contribution in [0.2, 0.25) is 0 Å². The lowest BCUT2D eigenvalue weighted by molar-refractivity contribution is -0.137. The van der Waals surface area contributed by atoms with E-state index in [-0.39, 0.29) is 30.4 Å². The van der Waals surface area contributed by atoms with Crippen molar-refractivity contribution in [3.63, 3.8) is 0 Å². The number of ketones is 1. The summed E-state index contributed by atoms with van der Waals surface area (Å²) in [6, 6.07) is 6.13. The van der Waals surface area contributed by atoms with Gasteiger partial charge in [0.15, 0.2) is 0 Å². The summed E-state index contributed by atoms with van der Waals surface area (Å²) in [5, 5.41) is 29.0. The number of carbonyl (C=O) groups excluding carboxylic acids is 1. The van der Waals surface area contributed by atoms with Gasteiger partial charge in [-0.2, -0.15) is 0 Å². The van der Waals surface area contributed by atoms with E-state index in [2.05, 4.69) is 0 Å². The first kappa shape index (κ1) is 23.0. The Kier molecular flexibility index (Phi) is 9.22. The summed E-state index contributed by atoms with van der Waals surface area (Å²) < 4.78 is 12.9. The average Bonchev–Trinajstić information content (AvgIpc) is 2.94. The van der Waals surface area contributed by atoms with Gasteiger partial charge in [0.05, 0.1) is 12.2 Å². The van der Waals surface area contributed by atoms with Crippen molar-refractivity contribution in [2.75, 3.05) is 0 Å². The van der Waals surface area contributed by atoms with Crippen molar-refractivity contribution in [2.24, 2.45) is 11.8 Å². The monoisotopic (exact) mass is 404 g/mol. The van der Waals surface area contributed by atoms with Crippen molar-refractivity contribution in [1.29, 1.82) is 0 Å². The molecule has 1 aliphatic carbocycles. The molecule has 4 atom stereocenters. The van der Waals surface area contributed by atoms with Crippen LogP contribution in [0.15, 0.2) is 48.6 Å². The van der Waals surface area contributed by atoms with Crippen LogP contribution in [-0.2, 0) is 16.0 Å². The molecule has 6 heteroatoms. The number of halogens is 1. The number of rotatable bonds is 11. The summed E-state index contributed by atoms with van der Waals surface area (Å²) in [6.45, 7) is 0. The van der Waals surface area contributed by atoms with E-state index in [1.165, 1.54) is 12.1 Å². The van der Waals surface area contributed by atoms with Gasteiger partial charge in [-0.25, -0.2) is 4.39 Å². The molecule has 0 heterocycles. The van der Waals surface area contributed by atoms with E-state index in [0.717, 1.165) is 5.56 Å².